The molecule has 2 aromatic rings. The Bertz CT molecular complexity index is 865. The first kappa shape index (κ1) is 14.3. The summed E-state index contributed by atoms with van der Waals surface area (Å²) in [5.41, 5.74) is 2.69. The highest BCUT2D eigenvalue weighted by atomic mass is 32.1. The van der Waals surface area contributed by atoms with E-state index in [2.05, 4.69) is 4.90 Å². The molecule has 5 heteroatoms. The van der Waals surface area contributed by atoms with Gasteiger partial charge in [-0.1, -0.05) is 6.07 Å². The molecule has 5 rings (SSSR count). The molecule has 0 saturated heterocycles. The number of rotatable bonds is 2. The number of benzene rings is 1. The zero-order valence-electron chi connectivity index (χ0n) is 13.4. The Hall–Kier alpha value is -2.11. The largest absolute Gasteiger partial charge is 0.477 e. The van der Waals surface area contributed by atoms with Crippen LogP contribution in [-0.2, 0) is 6.54 Å². The van der Waals surface area contributed by atoms with E-state index >= 15 is 0 Å². The van der Waals surface area contributed by atoms with Crippen LogP contribution in [0.4, 0.5) is 0 Å². The minimum Gasteiger partial charge on any atom is -0.477 e. The number of ether oxygens (including phenoxy) is 2. The van der Waals surface area contributed by atoms with E-state index < -0.39 is 0 Å². The number of carbonyl (C=O) groups excluding carboxylic acids is 1. The van der Waals surface area contributed by atoms with Gasteiger partial charge in [-0.25, -0.2) is 0 Å². The van der Waals surface area contributed by atoms with Gasteiger partial charge in [0.2, 0.25) is 5.78 Å². The Kier molecular flexibility index (Phi) is 3.08. The van der Waals surface area contributed by atoms with Crippen molar-refractivity contribution in [3.05, 3.63) is 50.9 Å². The highest BCUT2D eigenvalue weighted by Crippen LogP contribution is 2.44. The molecule has 3 heterocycles. The number of ketones is 1. The molecule has 0 amide bonds. The number of carbonyl (C=O) groups is 1. The number of allylic oxidation sites excluding steroid dienone is 1. The van der Waals surface area contributed by atoms with Crippen LogP contribution in [0.2, 0.25) is 0 Å². The van der Waals surface area contributed by atoms with E-state index in [0.717, 1.165) is 28.3 Å². The summed E-state index contributed by atoms with van der Waals surface area (Å²) in [5.74, 6) is 1.90. The number of hydrogen-bond donors (Lipinski definition) is 0. The monoisotopic (exact) mass is 339 g/mol. The topological polar surface area (TPSA) is 38.8 Å². The van der Waals surface area contributed by atoms with Crippen molar-refractivity contribution in [1.29, 1.82) is 0 Å². The van der Waals surface area contributed by atoms with Gasteiger partial charge in [-0.3, -0.25) is 9.69 Å². The molecule has 122 valence electrons. The predicted octanol–water partition coefficient (Wildman–Crippen LogP) is 3.99. The normalized spacial score (nSPS) is 21.4. The van der Waals surface area contributed by atoms with Crippen molar-refractivity contribution in [1.82, 2.24) is 4.90 Å². The van der Waals surface area contributed by atoms with E-state index in [4.69, 9.17) is 9.47 Å². The van der Waals surface area contributed by atoms with Crippen molar-refractivity contribution in [2.45, 2.75) is 32.4 Å². The molecule has 0 unspecified atom stereocenters. The Morgan fingerprint density at radius 2 is 2.21 bits per heavy atom. The fourth-order valence-electron chi connectivity index (χ4n) is 3.44. The summed E-state index contributed by atoms with van der Waals surface area (Å²) in [7, 11) is 0. The second-order valence-electron chi connectivity index (χ2n) is 6.57. The first-order chi connectivity index (χ1) is 11.7. The third kappa shape index (κ3) is 2.19. The number of nitrogens with zero attached hydrogens (tertiary/aromatic N) is 1. The lowest BCUT2D eigenvalue weighted by atomic mass is 10.00. The lowest BCUT2D eigenvalue weighted by Crippen LogP contribution is -2.34. The lowest BCUT2D eigenvalue weighted by Gasteiger charge is -2.30. The van der Waals surface area contributed by atoms with Gasteiger partial charge in [-0.05, 0) is 37.3 Å². The van der Waals surface area contributed by atoms with E-state index in [-0.39, 0.29) is 5.78 Å². The minimum absolute atomic E-state index is 0.0344. The molecule has 1 saturated carbocycles. The number of fused-ring (bicyclic) bond motifs is 2. The summed E-state index contributed by atoms with van der Waals surface area (Å²) >= 11 is 1.59. The Morgan fingerprint density at radius 3 is 2.96 bits per heavy atom. The van der Waals surface area contributed by atoms with Gasteiger partial charge in [0, 0.05) is 34.7 Å². The average molecular weight is 339 g/mol. The molecule has 24 heavy (non-hydrogen) atoms. The number of hydrogen-bond acceptors (Lipinski definition) is 5. The zero-order valence-corrected chi connectivity index (χ0v) is 14.2. The molecule has 4 nitrogen and oxygen atoms in total. The average Bonchev–Trinajstić information content (AvgIpc) is 3.24. The van der Waals surface area contributed by atoms with Crippen LogP contribution in [0, 0.1) is 6.92 Å². The molecular formula is C19H17NO3S. The quantitative estimate of drug-likeness (QED) is 0.776. The van der Waals surface area contributed by atoms with Gasteiger partial charge in [-0.2, -0.15) is 0 Å². The van der Waals surface area contributed by atoms with E-state index in [1.165, 1.54) is 12.8 Å². The highest BCUT2D eigenvalue weighted by molar-refractivity contribution is 7.10. The third-order valence-corrected chi connectivity index (χ3v) is 5.66. The Labute approximate surface area is 144 Å². The van der Waals surface area contributed by atoms with Gasteiger partial charge in [0.1, 0.15) is 18.2 Å². The van der Waals surface area contributed by atoms with Crippen LogP contribution in [0.25, 0.3) is 6.08 Å². The summed E-state index contributed by atoms with van der Waals surface area (Å²) in [5, 5.41) is 1.99. The fraction of sp³-hybridized carbons (Fsp3) is 0.316. The smallest absolute Gasteiger partial charge is 0.232 e. The molecule has 0 atom stereocenters. The van der Waals surface area contributed by atoms with Gasteiger partial charge < -0.3 is 9.47 Å². The maximum atomic E-state index is 12.7. The standard InChI is InChI=1S/C19H17NO3S/c1-11-18-12(9-20(10-22-18)13-4-5-13)7-15-17(21)16(23-19(11)15)8-14-3-2-6-24-14/h2-3,6-8,13H,4-5,9-10H2,1H3. The van der Waals surface area contributed by atoms with Gasteiger partial charge in [0.25, 0.3) is 0 Å². The lowest BCUT2D eigenvalue weighted by molar-refractivity contribution is 0.0872. The van der Waals surface area contributed by atoms with Crippen LogP contribution in [0.1, 0.15) is 39.2 Å². The van der Waals surface area contributed by atoms with Crippen LogP contribution in [-0.4, -0.2) is 23.5 Å². The second kappa shape index (κ2) is 5.19. The fourth-order valence-corrected chi connectivity index (χ4v) is 4.09. The first-order valence-corrected chi connectivity index (χ1v) is 9.10. The summed E-state index contributed by atoms with van der Waals surface area (Å²) < 4.78 is 11.9. The molecule has 1 aromatic heterocycles. The molecule has 0 N–H and O–H groups in total. The molecule has 0 radical (unpaired) electrons. The van der Waals surface area contributed by atoms with Gasteiger partial charge in [0.05, 0.1) is 5.56 Å². The molecule has 3 aliphatic rings. The third-order valence-electron chi connectivity index (χ3n) is 4.84. The van der Waals surface area contributed by atoms with E-state index in [0.29, 0.717) is 29.8 Å². The molecule has 0 spiro atoms. The van der Waals surface area contributed by atoms with Crippen LogP contribution in [0.5, 0.6) is 11.5 Å². The van der Waals surface area contributed by atoms with Crippen molar-refractivity contribution in [3.63, 3.8) is 0 Å². The van der Waals surface area contributed by atoms with Crippen LogP contribution in [0.15, 0.2) is 29.3 Å². The Morgan fingerprint density at radius 1 is 1.33 bits per heavy atom. The molecular weight excluding hydrogens is 322 g/mol. The van der Waals surface area contributed by atoms with Gasteiger partial charge in [0.15, 0.2) is 5.76 Å². The second-order valence-corrected chi connectivity index (χ2v) is 7.55. The van der Waals surface area contributed by atoms with Crippen molar-refractivity contribution in [3.8, 4) is 11.5 Å². The maximum Gasteiger partial charge on any atom is 0.232 e. The summed E-state index contributed by atoms with van der Waals surface area (Å²) in [6.45, 7) is 3.46. The van der Waals surface area contributed by atoms with Crippen molar-refractivity contribution < 1.29 is 14.3 Å². The van der Waals surface area contributed by atoms with Gasteiger partial charge >= 0.3 is 0 Å². The van der Waals surface area contributed by atoms with Crippen molar-refractivity contribution in [2.24, 2.45) is 0 Å². The van der Waals surface area contributed by atoms with E-state index in [1.807, 2.05) is 36.6 Å². The minimum atomic E-state index is -0.0344. The molecule has 1 aromatic carbocycles. The molecule has 0 bridgehead atoms. The zero-order chi connectivity index (χ0) is 16.3. The number of Topliss-reactive ketones (excluding diaryl/α,β-unsaturated/α-hetero) is 1. The van der Waals surface area contributed by atoms with Crippen LogP contribution in [0.3, 0.4) is 0 Å². The molecule has 1 aliphatic carbocycles. The predicted molar refractivity (Wildman–Crippen MR) is 92.5 cm³/mol. The van der Waals surface area contributed by atoms with E-state index in [1.54, 1.807) is 11.3 Å². The van der Waals surface area contributed by atoms with Crippen molar-refractivity contribution >= 4 is 23.2 Å². The first-order valence-electron chi connectivity index (χ1n) is 8.22. The summed E-state index contributed by atoms with van der Waals surface area (Å²) in [6.07, 6.45) is 4.32. The van der Waals surface area contributed by atoms with Crippen molar-refractivity contribution in [2.75, 3.05) is 6.73 Å². The van der Waals surface area contributed by atoms with Gasteiger partial charge in [-0.15, -0.1) is 11.3 Å². The van der Waals surface area contributed by atoms with E-state index in [9.17, 15) is 4.79 Å². The molecule has 2 aliphatic heterocycles. The maximum absolute atomic E-state index is 12.7. The number of thiophene rings is 1. The summed E-state index contributed by atoms with van der Waals surface area (Å²) in [4.78, 5) is 16.1. The SMILES string of the molecule is Cc1c2c(cc3c1OC(=Cc1cccs1)C3=O)CN(C1CC1)CO2. The van der Waals surface area contributed by atoms with Crippen LogP contribution < -0.4 is 9.47 Å². The Balaban J connectivity index is 1.54. The molecule has 1 fully saturated rings. The van der Waals surface area contributed by atoms with Crippen LogP contribution >= 0.6 is 11.3 Å². The highest BCUT2D eigenvalue weighted by Gasteiger charge is 2.36. The summed E-state index contributed by atoms with van der Waals surface area (Å²) in [6, 6.07) is 6.55.